The summed E-state index contributed by atoms with van der Waals surface area (Å²) >= 11 is 0. The molecular weight excluding hydrogens is 264 g/mol. The van der Waals surface area contributed by atoms with Crippen LogP contribution in [0.2, 0.25) is 0 Å². The number of carbonyl (C=O) groups is 1. The first-order valence-corrected chi connectivity index (χ1v) is 7.54. The van der Waals surface area contributed by atoms with Gasteiger partial charge in [0.15, 0.2) is 0 Å². The zero-order valence-electron chi connectivity index (χ0n) is 12.5. The summed E-state index contributed by atoms with van der Waals surface area (Å²) in [6.07, 6.45) is 3.32. The van der Waals surface area contributed by atoms with Gasteiger partial charge in [-0.3, -0.25) is 9.69 Å². The minimum Gasteiger partial charge on any atom is -0.481 e. The summed E-state index contributed by atoms with van der Waals surface area (Å²) in [6.45, 7) is 4.29. The summed E-state index contributed by atoms with van der Waals surface area (Å²) in [7, 11) is 0. The highest BCUT2D eigenvalue weighted by Gasteiger charge is 2.41. The highest BCUT2D eigenvalue weighted by Crippen LogP contribution is 2.35. The molecule has 0 spiro atoms. The Bertz CT molecular complexity index is 546. The summed E-state index contributed by atoms with van der Waals surface area (Å²) < 4.78 is 0. The molecule has 1 atom stereocenters. The predicted octanol–water partition coefficient (Wildman–Crippen LogP) is 3.03. The number of aliphatic carboxylic acids is 1. The van der Waals surface area contributed by atoms with Crippen molar-refractivity contribution >= 4 is 5.97 Å². The van der Waals surface area contributed by atoms with Gasteiger partial charge in [0, 0.05) is 13.1 Å². The van der Waals surface area contributed by atoms with E-state index in [1.807, 2.05) is 25.1 Å². The molecule has 1 saturated heterocycles. The lowest BCUT2D eigenvalue weighted by Crippen LogP contribution is -2.47. The first kappa shape index (κ1) is 15.5. The van der Waals surface area contributed by atoms with Gasteiger partial charge < -0.3 is 5.11 Å². The lowest BCUT2D eigenvalue weighted by molar-refractivity contribution is -0.153. The van der Waals surface area contributed by atoms with Crippen LogP contribution >= 0.6 is 0 Å². The van der Waals surface area contributed by atoms with Crippen molar-refractivity contribution in [2.45, 2.75) is 39.2 Å². The lowest BCUT2D eigenvalue weighted by atomic mass is 9.76. The maximum atomic E-state index is 11.7. The van der Waals surface area contributed by atoms with Crippen LogP contribution in [0.3, 0.4) is 0 Å². The number of nitriles is 1. The van der Waals surface area contributed by atoms with Crippen LogP contribution in [0, 0.1) is 16.7 Å². The Morgan fingerprint density at radius 2 is 2.33 bits per heavy atom. The number of carboxylic acids is 1. The zero-order chi connectivity index (χ0) is 15.3. The third-order valence-electron chi connectivity index (χ3n) is 4.30. The van der Waals surface area contributed by atoms with Crippen LogP contribution in [-0.2, 0) is 11.3 Å². The summed E-state index contributed by atoms with van der Waals surface area (Å²) in [5, 5.41) is 18.6. The van der Waals surface area contributed by atoms with Crippen molar-refractivity contribution in [3.05, 3.63) is 35.4 Å². The molecule has 1 aliphatic heterocycles. The fourth-order valence-corrected chi connectivity index (χ4v) is 3.32. The number of piperidine rings is 1. The Morgan fingerprint density at radius 3 is 3.00 bits per heavy atom. The molecule has 1 N–H and O–H groups in total. The van der Waals surface area contributed by atoms with E-state index in [4.69, 9.17) is 5.26 Å². The molecule has 1 unspecified atom stereocenters. The molecule has 1 aromatic rings. The maximum Gasteiger partial charge on any atom is 0.310 e. The average molecular weight is 286 g/mol. The van der Waals surface area contributed by atoms with E-state index in [1.165, 1.54) is 0 Å². The standard InChI is InChI=1S/C17H22N2O2/c1-2-7-17(16(20)21)8-4-9-19(13-17)12-15-6-3-5-14(10-15)11-18/h3,5-6,10H,2,4,7-9,12-13H2,1H3,(H,20,21). The lowest BCUT2D eigenvalue weighted by Gasteiger charge is -2.40. The number of rotatable bonds is 5. The van der Waals surface area contributed by atoms with Crippen molar-refractivity contribution in [1.82, 2.24) is 4.90 Å². The Balaban J connectivity index is 2.10. The van der Waals surface area contributed by atoms with E-state index in [1.54, 1.807) is 6.07 Å². The van der Waals surface area contributed by atoms with Crippen molar-refractivity contribution in [3.63, 3.8) is 0 Å². The smallest absolute Gasteiger partial charge is 0.310 e. The second-order valence-electron chi connectivity index (χ2n) is 5.96. The average Bonchev–Trinajstić information content (AvgIpc) is 2.48. The fraction of sp³-hybridized carbons (Fsp3) is 0.529. The van der Waals surface area contributed by atoms with Crippen LogP contribution in [0.5, 0.6) is 0 Å². The number of hydrogen-bond donors (Lipinski definition) is 1. The Kier molecular flexibility index (Phi) is 4.98. The monoisotopic (exact) mass is 286 g/mol. The molecular formula is C17H22N2O2. The minimum atomic E-state index is -0.667. The Hall–Kier alpha value is -1.86. The largest absolute Gasteiger partial charge is 0.481 e. The fourth-order valence-electron chi connectivity index (χ4n) is 3.32. The van der Waals surface area contributed by atoms with E-state index >= 15 is 0 Å². The molecule has 0 aromatic heterocycles. The van der Waals surface area contributed by atoms with Crippen LogP contribution < -0.4 is 0 Å². The maximum absolute atomic E-state index is 11.7. The molecule has 0 saturated carbocycles. The second-order valence-corrected chi connectivity index (χ2v) is 5.96. The Morgan fingerprint density at radius 1 is 1.52 bits per heavy atom. The molecule has 4 nitrogen and oxygen atoms in total. The summed E-state index contributed by atoms with van der Waals surface area (Å²) in [4.78, 5) is 13.9. The van der Waals surface area contributed by atoms with E-state index in [-0.39, 0.29) is 0 Å². The highest BCUT2D eigenvalue weighted by atomic mass is 16.4. The van der Waals surface area contributed by atoms with E-state index in [0.717, 1.165) is 37.8 Å². The van der Waals surface area contributed by atoms with Gasteiger partial charge in [0.05, 0.1) is 17.0 Å². The number of likely N-dealkylation sites (tertiary alicyclic amines) is 1. The van der Waals surface area contributed by atoms with E-state index < -0.39 is 11.4 Å². The van der Waals surface area contributed by atoms with Crippen LogP contribution in [0.4, 0.5) is 0 Å². The van der Waals surface area contributed by atoms with E-state index in [2.05, 4.69) is 11.0 Å². The number of carboxylic acid groups (broad SMARTS) is 1. The molecule has 1 fully saturated rings. The molecule has 1 aliphatic rings. The molecule has 112 valence electrons. The molecule has 0 aliphatic carbocycles. The van der Waals surface area contributed by atoms with Crippen LogP contribution in [0.1, 0.15) is 43.7 Å². The van der Waals surface area contributed by atoms with Crippen molar-refractivity contribution in [3.8, 4) is 6.07 Å². The highest BCUT2D eigenvalue weighted by molar-refractivity contribution is 5.75. The summed E-state index contributed by atoms with van der Waals surface area (Å²) in [5.74, 6) is -0.667. The number of nitrogens with zero attached hydrogens (tertiary/aromatic N) is 2. The summed E-state index contributed by atoms with van der Waals surface area (Å²) in [6, 6.07) is 9.70. The topological polar surface area (TPSA) is 64.3 Å². The zero-order valence-corrected chi connectivity index (χ0v) is 12.5. The molecule has 0 amide bonds. The first-order valence-electron chi connectivity index (χ1n) is 7.54. The molecule has 2 rings (SSSR count). The molecule has 0 radical (unpaired) electrons. The van der Waals surface area contributed by atoms with Gasteiger partial charge in [-0.15, -0.1) is 0 Å². The number of hydrogen-bond acceptors (Lipinski definition) is 3. The minimum absolute atomic E-state index is 0.597. The molecule has 1 aromatic carbocycles. The third kappa shape index (κ3) is 3.62. The Labute approximate surface area is 126 Å². The molecule has 0 bridgehead atoms. The normalized spacial score (nSPS) is 22.7. The van der Waals surface area contributed by atoms with Crippen LogP contribution in [0.25, 0.3) is 0 Å². The van der Waals surface area contributed by atoms with Gasteiger partial charge in [-0.25, -0.2) is 0 Å². The van der Waals surface area contributed by atoms with Gasteiger partial charge in [0.1, 0.15) is 0 Å². The first-order chi connectivity index (χ1) is 10.1. The van der Waals surface area contributed by atoms with Crippen molar-refractivity contribution < 1.29 is 9.90 Å². The summed E-state index contributed by atoms with van der Waals surface area (Å²) in [5.41, 5.74) is 1.13. The van der Waals surface area contributed by atoms with Gasteiger partial charge in [-0.1, -0.05) is 25.5 Å². The predicted molar refractivity (Wildman–Crippen MR) is 80.6 cm³/mol. The van der Waals surface area contributed by atoms with Gasteiger partial charge >= 0.3 is 5.97 Å². The molecule has 1 heterocycles. The van der Waals surface area contributed by atoms with E-state index in [0.29, 0.717) is 18.7 Å². The van der Waals surface area contributed by atoms with Gasteiger partial charge in [0.25, 0.3) is 0 Å². The van der Waals surface area contributed by atoms with Crippen LogP contribution in [0.15, 0.2) is 24.3 Å². The number of benzene rings is 1. The quantitative estimate of drug-likeness (QED) is 0.903. The second kappa shape index (κ2) is 6.73. The van der Waals surface area contributed by atoms with Crippen molar-refractivity contribution in [2.75, 3.05) is 13.1 Å². The van der Waals surface area contributed by atoms with Gasteiger partial charge in [0.2, 0.25) is 0 Å². The van der Waals surface area contributed by atoms with Crippen LogP contribution in [-0.4, -0.2) is 29.1 Å². The molecule has 21 heavy (non-hydrogen) atoms. The van der Waals surface area contributed by atoms with Crippen molar-refractivity contribution in [1.29, 1.82) is 5.26 Å². The van der Waals surface area contributed by atoms with Crippen molar-refractivity contribution in [2.24, 2.45) is 5.41 Å². The molecule has 4 heteroatoms. The SMILES string of the molecule is CCCC1(C(=O)O)CCCN(Cc2cccc(C#N)c2)C1. The van der Waals surface area contributed by atoms with Gasteiger partial charge in [-0.2, -0.15) is 5.26 Å². The van der Waals surface area contributed by atoms with E-state index in [9.17, 15) is 9.90 Å². The third-order valence-corrected chi connectivity index (χ3v) is 4.30. The van der Waals surface area contributed by atoms with Gasteiger partial charge in [-0.05, 0) is 43.5 Å².